The highest BCUT2D eigenvalue weighted by Crippen LogP contribution is 2.02. The molecule has 0 aromatic carbocycles. The highest BCUT2D eigenvalue weighted by Gasteiger charge is 2.17. The normalized spacial score (nSPS) is 13.3. The third-order valence-corrected chi connectivity index (χ3v) is 3.71. The summed E-state index contributed by atoms with van der Waals surface area (Å²) < 4.78 is 40.2. The Kier molecular flexibility index (Phi) is 18.4. The average Bonchev–Trinajstić information content (AvgIpc) is 2.71. The summed E-state index contributed by atoms with van der Waals surface area (Å²) in [6, 6.07) is 0. The zero-order valence-electron chi connectivity index (χ0n) is 17.4. The molecule has 166 valence electrons. The summed E-state index contributed by atoms with van der Waals surface area (Å²) in [4.78, 5) is 22.1. The largest absolute Gasteiger partial charge is 0.377 e. The number of nitrogens with one attached hydrogen (secondary N) is 1. The molecule has 0 aliphatic rings. The van der Waals surface area contributed by atoms with E-state index in [1.54, 1.807) is 20.8 Å². The maximum atomic E-state index is 13.8. The summed E-state index contributed by atoms with van der Waals surface area (Å²) in [5.41, 5.74) is 0. The van der Waals surface area contributed by atoms with E-state index in [1.807, 2.05) is 0 Å². The summed E-state index contributed by atoms with van der Waals surface area (Å²) in [6.07, 6.45) is -1.05. The number of hydrogen-bond acceptors (Lipinski definition) is 7. The van der Waals surface area contributed by atoms with Crippen LogP contribution in [-0.4, -0.2) is 90.0 Å². The van der Waals surface area contributed by atoms with Crippen LogP contribution in [0.4, 0.5) is 4.39 Å². The summed E-state index contributed by atoms with van der Waals surface area (Å²) in [7, 11) is 0. The topological polar surface area (TPSA) is 92.3 Å². The highest BCUT2D eigenvalue weighted by molar-refractivity contribution is 5.79. The van der Waals surface area contributed by atoms with Gasteiger partial charge in [0.15, 0.2) is 5.78 Å². The second kappa shape index (κ2) is 19.2. The first-order valence-corrected chi connectivity index (χ1v) is 9.86. The molecule has 0 aromatic rings. The Morgan fingerprint density at radius 1 is 0.821 bits per heavy atom. The number of ether oxygens (including phenoxy) is 5. The monoisotopic (exact) mass is 409 g/mol. The van der Waals surface area contributed by atoms with Crippen molar-refractivity contribution in [2.24, 2.45) is 0 Å². The van der Waals surface area contributed by atoms with Crippen LogP contribution >= 0.6 is 0 Å². The average molecular weight is 409 g/mol. The lowest BCUT2D eigenvalue weighted by Crippen LogP contribution is -2.36. The number of amides is 1. The molecule has 0 spiro atoms. The van der Waals surface area contributed by atoms with Crippen molar-refractivity contribution in [2.45, 2.75) is 45.9 Å². The minimum Gasteiger partial charge on any atom is -0.377 e. The smallest absolute Gasteiger partial charge is 0.219 e. The lowest BCUT2D eigenvalue weighted by molar-refractivity contribution is -0.124. The molecule has 0 rings (SSSR count). The third kappa shape index (κ3) is 17.0. The lowest BCUT2D eigenvalue weighted by Gasteiger charge is -2.18. The van der Waals surface area contributed by atoms with Gasteiger partial charge in [-0.15, -0.1) is 0 Å². The van der Waals surface area contributed by atoms with Gasteiger partial charge in [-0.1, -0.05) is 13.8 Å². The van der Waals surface area contributed by atoms with Crippen molar-refractivity contribution in [1.29, 1.82) is 0 Å². The molecule has 0 aromatic heterocycles. The molecular formula is C19H36FNO7. The van der Waals surface area contributed by atoms with Gasteiger partial charge >= 0.3 is 0 Å². The van der Waals surface area contributed by atoms with Crippen LogP contribution in [0.3, 0.4) is 0 Å². The molecule has 0 fully saturated rings. The van der Waals surface area contributed by atoms with Crippen LogP contribution < -0.4 is 5.32 Å². The van der Waals surface area contributed by atoms with Gasteiger partial charge in [0.05, 0.1) is 65.5 Å². The standard InChI is InChI=1S/C19H36FNO7/c1-4-17(22)15-27-11-10-25-7-6-24-8-9-26-12-13-28-16(3)18(20)14-21-19(23)5-2/h16,18H,4-15H2,1-3H3,(H,21,23). The van der Waals surface area contributed by atoms with Gasteiger partial charge in [0.25, 0.3) is 0 Å². The first-order chi connectivity index (χ1) is 13.5. The second-order valence-electron chi connectivity index (χ2n) is 6.03. The van der Waals surface area contributed by atoms with Crippen molar-refractivity contribution < 1.29 is 37.7 Å². The quantitative estimate of drug-likeness (QED) is 0.303. The number of rotatable bonds is 20. The molecule has 0 saturated heterocycles. The Morgan fingerprint density at radius 3 is 1.82 bits per heavy atom. The SMILES string of the molecule is CCC(=O)COCCOCCOCCOCCOC(C)C(F)CNC(=O)CC. The van der Waals surface area contributed by atoms with Gasteiger partial charge in [-0.25, -0.2) is 4.39 Å². The fraction of sp³-hybridized carbons (Fsp3) is 0.895. The minimum atomic E-state index is -1.25. The Balaban J connectivity index is 3.30. The maximum absolute atomic E-state index is 13.8. The molecule has 0 heterocycles. The van der Waals surface area contributed by atoms with Crippen LogP contribution in [0, 0.1) is 0 Å². The van der Waals surface area contributed by atoms with Crippen molar-refractivity contribution in [2.75, 3.05) is 66.0 Å². The van der Waals surface area contributed by atoms with E-state index in [0.717, 1.165) is 0 Å². The van der Waals surface area contributed by atoms with Crippen molar-refractivity contribution in [1.82, 2.24) is 5.32 Å². The Labute approximate surface area is 167 Å². The minimum absolute atomic E-state index is 0.0480. The summed E-state index contributed by atoms with van der Waals surface area (Å²) in [5, 5.41) is 2.50. The highest BCUT2D eigenvalue weighted by atomic mass is 19.1. The zero-order chi connectivity index (χ0) is 21.0. The molecule has 0 aliphatic heterocycles. The molecule has 2 atom stereocenters. The van der Waals surface area contributed by atoms with Crippen molar-refractivity contribution in [3.63, 3.8) is 0 Å². The molecule has 0 aliphatic carbocycles. The zero-order valence-corrected chi connectivity index (χ0v) is 17.4. The van der Waals surface area contributed by atoms with Gasteiger partial charge in [-0.05, 0) is 6.92 Å². The fourth-order valence-corrected chi connectivity index (χ4v) is 1.85. The number of carbonyl (C=O) groups excluding carboxylic acids is 2. The van der Waals surface area contributed by atoms with E-state index < -0.39 is 12.3 Å². The van der Waals surface area contributed by atoms with Crippen LogP contribution in [0.5, 0.6) is 0 Å². The number of carbonyl (C=O) groups is 2. The summed E-state index contributed by atoms with van der Waals surface area (Å²) in [5.74, 6) is -0.103. The van der Waals surface area contributed by atoms with E-state index in [4.69, 9.17) is 23.7 Å². The van der Waals surface area contributed by atoms with E-state index in [-0.39, 0.29) is 31.4 Å². The number of hydrogen-bond donors (Lipinski definition) is 1. The summed E-state index contributed by atoms with van der Waals surface area (Å²) in [6.45, 7) is 8.36. The van der Waals surface area contributed by atoms with Crippen molar-refractivity contribution in [3.8, 4) is 0 Å². The molecule has 1 amide bonds. The molecule has 2 unspecified atom stereocenters. The molecule has 0 bridgehead atoms. The number of halogens is 1. The first kappa shape index (κ1) is 26.9. The van der Waals surface area contributed by atoms with Gasteiger partial charge in [0.1, 0.15) is 12.8 Å². The maximum Gasteiger partial charge on any atom is 0.219 e. The first-order valence-electron chi connectivity index (χ1n) is 9.86. The van der Waals surface area contributed by atoms with E-state index >= 15 is 0 Å². The van der Waals surface area contributed by atoms with Crippen molar-refractivity contribution >= 4 is 11.7 Å². The Bertz CT molecular complexity index is 398. The predicted molar refractivity (Wildman–Crippen MR) is 102 cm³/mol. The van der Waals surface area contributed by atoms with Crippen LogP contribution in [0.1, 0.15) is 33.6 Å². The second-order valence-corrected chi connectivity index (χ2v) is 6.03. The number of alkyl halides is 1. The predicted octanol–water partition coefficient (Wildman–Crippen LogP) is 1.30. The van der Waals surface area contributed by atoms with Crippen LogP contribution in [0.25, 0.3) is 0 Å². The van der Waals surface area contributed by atoms with Gasteiger partial charge in [-0.3, -0.25) is 9.59 Å². The molecule has 9 heteroatoms. The van der Waals surface area contributed by atoms with Crippen LogP contribution in [-0.2, 0) is 33.3 Å². The van der Waals surface area contributed by atoms with Gasteiger partial charge in [-0.2, -0.15) is 0 Å². The molecule has 1 N–H and O–H groups in total. The van der Waals surface area contributed by atoms with Gasteiger partial charge in [0, 0.05) is 12.8 Å². The molecule has 0 saturated carbocycles. The van der Waals surface area contributed by atoms with Crippen LogP contribution in [0.2, 0.25) is 0 Å². The van der Waals surface area contributed by atoms with Crippen LogP contribution in [0.15, 0.2) is 0 Å². The molecule has 28 heavy (non-hydrogen) atoms. The van der Waals surface area contributed by atoms with E-state index in [9.17, 15) is 14.0 Å². The molecule has 0 radical (unpaired) electrons. The van der Waals surface area contributed by atoms with Gasteiger partial charge in [0.2, 0.25) is 5.91 Å². The third-order valence-electron chi connectivity index (χ3n) is 3.71. The number of ketones is 1. The fourth-order valence-electron chi connectivity index (χ4n) is 1.85. The van der Waals surface area contributed by atoms with E-state index in [1.165, 1.54) is 0 Å². The summed E-state index contributed by atoms with van der Waals surface area (Å²) >= 11 is 0. The Hall–Kier alpha value is -1.13. The number of Topliss-reactive ketones (excluding diaryl/α,β-unsaturated/α-hetero) is 1. The van der Waals surface area contributed by atoms with Crippen molar-refractivity contribution in [3.05, 3.63) is 0 Å². The van der Waals surface area contributed by atoms with Gasteiger partial charge < -0.3 is 29.0 Å². The molecule has 8 nitrogen and oxygen atoms in total. The van der Waals surface area contributed by atoms with E-state index in [2.05, 4.69) is 5.32 Å². The van der Waals surface area contributed by atoms with E-state index in [0.29, 0.717) is 59.1 Å². The lowest BCUT2D eigenvalue weighted by atomic mass is 10.2. The molecular weight excluding hydrogens is 373 g/mol. The Morgan fingerprint density at radius 2 is 1.32 bits per heavy atom.